The molecule has 5 heterocycles. The van der Waals surface area contributed by atoms with Gasteiger partial charge in [0, 0.05) is 25.3 Å². The predicted molar refractivity (Wildman–Crippen MR) is 142 cm³/mol. The molecule has 4 atom stereocenters. The van der Waals surface area contributed by atoms with E-state index in [2.05, 4.69) is 47.7 Å². The van der Waals surface area contributed by atoms with Crippen molar-refractivity contribution >= 4 is 29.4 Å². The molecule has 4 saturated heterocycles. The van der Waals surface area contributed by atoms with Crippen LogP contribution in [0.15, 0.2) is 24.3 Å². The maximum atomic E-state index is 13.1. The van der Waals surface area contributed by atoms with Gasteiger partial charge in [0.05, 0.1) is 18.1 Å². The van der Waals surface area contributed by atoms with E-state index in [-0.39, 0.29) is 23.8 Å². The Morgan fingerprint density at radius 2 is 1.74 bits per heavy atom. The molecule has 200 valence electrons. The van der Waals surface area contributed by atoms with Crippen LogP contribution in [-0.4, -0.2) is 87.8 Å². The van der Waals surface area contributed by atoms with Crippen LogP contribution in [0.5, 0.6) is 0 Å². The molecule has 4 N–H and O–H groups in total. The molecule has 0 radical (unpaired) electrons. The highest BCUT2D eigenvalue weighted by molar-refractivity contribution is 5.96. The Morgan fingerprint density at radius 3 is 2.45 bits per heavy atom. The summed E-state index contributed by atoms with van der Waals surface area (Å²) in [4.78, 5) is 36.4. The summed E-state index contributed by atoms with van der Waals surface area (Å²) < 4.78 is 0. The third kappa shape index (κ3) is 4.03. The molecule has 4 aliphatic heterocycles. The number of rotatable bonds is 6. The molecule has 5 aliphatic rings. The highest BCUT2D eigenvalue weighted by Crippen LogP contribution is 2.44. The molecule has 1 aromatic heterocycles. The van der Waals surface area contributed by atoms with Crippen molar-refractivity contribution < 1.29 is 9.59 Å². The lowest BCUT2D eigenvalue weighted by Gasteiger charge is -2.38. The van der Waals surface area contributed by atoms with Crippen molar-refractivity contribution in [1.29, 1.82) is 0 Å². The number of carbonyl (C=O) groups excluding carboxylic acids is 2. The van der Waals surface area contributed by atoms with Gasteiger partial charge in [-0.25, -0.2) is 4.79 Å². The lowest BCUT2D eigenvalue weighted by atomic mass is 9.90. The van der Waals surface area contributed by atoms with Gasteiger partial charge in [-0.05, 0) is 81.1 Å². The minimum atomic E-state index is -0.672. The molecule has 1 aromatic carbocycles. The SMILES string of the molecule is NC(=O)c1nnc(N2CC3CC(N4CC5CCCN5C4=O)C2C3)nc1Nc1ccc(C2CCNCC2)cc1. The van der Waals surface area contributed by atoms with Gasteiger partial charge in [0.2, 0.25) is 5.95 Å². The molecule has 11 heteroatoms. The van der Waals surface area contributed by atoms with Gasteiger partial charge < -0.3 is 31.1 Å². The van der Waals surface area contributed by atoms with E-state index >= 15 is 0 Å². The minimum absolute atomic E-state index is 0.0208. The van der Waals surface area contributed by atoms with Crippen LogP contribution < -0.4 is 21.3 Å². The van der Waals surface area contributed by atoms with Crippen LogP contribution in [0.3, 0.4) is 0 Å². The second-order valence-electron chi connectivity index (χ2n) is 11.5. The van der Waals surface area contributed by atoms with Crippen molar-refractivity contribution in [1.82, 2.24) is 30.3 Å². The molecule has 1 aliphatic carbocycles. The maximum absolute atomic E-state index is 13.1. The van der Waals surface area contributed by atoms with Gasteiger partial charge in [-0.2, -0.15) is 4.98 Å². The van der Waals surface area contributed by atoms with E-state index in [1.165, 1.54) is 5.56 Å². The number of nitrogens with one attached hydrogen (secondary N) is 2. The Labute approximate surface area is 222 Å². The summed E-state index contributed by atoms with van der Waals surface area (Å²) in [5.74, 6) is 1.18. The van der Waals surface area contributed by atoms with Crippen LogP contribution in [0.2, 0.25) is 0 Å². The molecule has 0 spiro atoms. The van der Waals surface area contributed by atoms with Crippen molar-refractivity contribution in [3.05, 3.63) is 35.5 Å². The van der Waals surface area contributed by atoms with Crippen LogP contribution >= 0.6 is 0 Å². The summed E-state index contributed by atoms with van der Waals surface area (Å²) in [6, 6.07) is 9.17. The molecule has 4 unspecified atom stereocenters. The monoisotopic (exact) mass is 517 g/mol. The third-order valence-electron chi connectivity index (χ3n) is 9.28. The van der Waals surface area contributed by atoms with Crippen LogP contribution in [0.1, 0.15) is 60.5 Å². The Hall–Kier alpha value is -3.47. The van der Waals surface area contributed by atoms with E-state index < -0.39 is 5.91 Å². The zero-order valence-electron chi connectivity index (χ0n) is 21.6. The number of anilines is 3. The molecule has 11 nitrogen and oxygen atoms in total. The van der Waals surface area contributed by atoms with Gasteiger partial charge in [0.1, 0.15) is 0 Å². The molecule has 38 heavy (non-hydrogen) atoms. The minimum Gasteiger partial charge on any atom is -0.364 e. The first-order valence-corrected chi connectivity index (χ1v) is 14.0. The van der Waals surface area contributed by atoms with Crippen LogP contribution in [0.4, 0.5) is 22.2 Å². The summed E-state index contributed by atoms with van der Waals surface area (Å²) in [6.45, 7) is 4.62. The smallest absolute Gasteiger partial charge is 0.320 e. The Balaban J connectivity index is 1.11. The number of benzene rings is 1. The predicted octanol–water partition coefficient (Wildman–Crippen LogP) is 2.05. The number of urea groups is 1. The standard InChI is InChI=1S/C27H35N9O2/c28-24(37)23-25(30-19-5-3-17(4-6-19)18-7-9-29-10-8-18)31-26(33-32-23)35-14-16-12-21(35)22(13-16)36-15-20-2-1-11-34(20)27(36)38/h3-6,16,18,20-22,29H,1-2,7-15H2,(H2,28,37)(H,30,31,33). The highest BCUT2D eigenvalue weighted by Gasteiger charge is 2.53. The number of hydrogen-bond acceptors (Lipinski definition) is 8. The number of aromatic nitrogens is 3. The van der Waals surface area contributed by atoms with Crippen molar-refractivity contribution in [3.63, 3.8) is 0 Å². The topological polar surface area (TPSA) is 133 Å². The quantitative estimate of drug-likeness (QED) is 0.530. The van der Waals surface area contributed by atoms with E-state index in [4.69, 9.17) is 10.7 Å². The second-order valence-corrected chi connectivity index (χ2v) is 11.5. The Morgan fingerprint density at radius 1 is 0.974 bits per heavy atom. The molecule has 2 bridgehead atoms. The maximum Gasteiger partial charge on any atom is 0.320 e. The Kier molecular flexibility index (Phi) is 5.83. The average Bonchev–Trinajstić information content (AvgIpc) is 3.72. The summed E-state index contributed by atoms with van der Waals surface area (Å²) in [6.07, 6.45) is 6.52. The summed E-state index contributed by atoms with van der Waals surface area (Å²) >= 11 is 0. The number of piperidine rings is 2. The first kappa shape index (κ1) is 23.6. The van der Waals surface area contributed by atoms with E-state index in [9.17, 15) is 9.59 Å². The van der Waals surface area contributed by atoms with Crippen molar-refractivity contribution in [2.45, 2.75) is 62.6 Å². The molecule has 5 fully saturated rings. The van der Waals surface area contributed by atoms with Crippen molar-refractivity contribution in [2.75, 3.05) is 42.9 Å². The first-order chi connectivity index (χ1) is 18.5. The fourth-order valence-electron chi connectivity index (χ4n) is 7.40. The number of carbonyl (C=O) groups is 2. The molecule has 3 amide bonds. The average molecular weight is 518 g/mol. The summed E-state index contributed by atoms with van der Waals surface area (Å²) in [7, 11) is 0. The van der Waals surface area contributed by atoms with Gasteiger partial charge in [-0.1, -0.05) is 12.1 Å². The van der Waals surface area contributed by atoms with E-state index in [1.54, 1.807) is 0 Å². The van der Waals surface area contributed by atoms with Gasteiger partial charge in [0.15, 0.2) is 11.5 Å². The number of nitrogens with two attached hydrogens (primary N) is 1. The van der Waals surface area contributed by atoms with E-state index in [0.717, 1.165) is 76.9 Å². The van der Waals surface area contributed by atoms with Gasteiger partial charge in [-0.3, -0.25) is 4.79 Å². The number of primary amides is 1. The molecule has 7 rings (SSSR count). The Bertz CT molecular complexity index is 1230. The van der Waals surface area contributed by atoms with Gasteiger partial charge >= 0.3 is 6.03 Å². The number of fused-ring (bicyclic) bond motifs is 3. The normalized spacial score (nSPS) is 28.8. The summed E-state index contributed by atoms with van der Waals surface area (Å²) in [5, 5.41) is 15.2. The van der Waals surface area contributed by atoms with Crippen LogP contribution in [-0.2, 0) is 0 Å². The van der Waals surface area contributed by atoms with Crippen LogP contribution in [0.25, 0.3) is 0 Å². The molecule has 2 aromatic rings. The van der Waals surface area contributed by atoms with E-state index in [1.807, 2.05) is 12.1 Å². The van der Waals surface area contributed by atoms with Crippen molar-refractivity contribution in [2.24, 2.45) is 11.7 Å². The largest absolute Gasteiger partial charge is 0.364 e. The zero-order chi connectivity index (χ0) is 25.8. The second kappa shape index (κ2) is 9.37. The number of nitrogens with zero attached hydrogens (tertiary/aromatic N) is 6. The number of amides is 3. The molecule has 1 saturated carbocycles. The number of hydrogen-bond donors (Lipinski definition) is 3. The van der Waals surface area contributed by atoms with Crippen molar-refractivity contribution in [3.8, 4) is 0 Å². The highest BCUT2D eigenvalue weighted by atomic mass is 16.2. The first-order valence-electron chi connectivity index (χ1n) is 14.0. The molecular weight excluding hydrogens is 482 g/mol. The van der Waals surface area contributed by atoms with E-state index in [0.29, 0.717) is 29.6 Å². The zero-order valence-corrected chi connectivity index (χ0v) is 21.6. The molecular formula is C27H35N9O2. The fraction of sp³-hybridized carbons (Fsp3) is 0.593. The van der Waals surface area contributed by atoms with Gasteiger partial charge in [-0.15, -0.1) is 10.2 Å². The lowest BCUT2D eigenvalue weighted by molar-refractivity contribution is 0.0995. The van der Waals surface area contributed by atoms with Crippen LogP contribution in [0, 0.1) is 5.92 Å². The summed E-state index contributed by atoms with van der Waals surface area (Å²) in [5.41, 5.74) is 7.79. The third-order valence-corrected chi connectivity index (χ3v) is 9.28. The lowest BCUT2D eigenvalue weighted by Crippen LogP contribution is -2.52. The van der Waals surface area contributed by atoms with Gasteiger partial charge in [0.25, 0.3) is 5.91 Å². The fourth-order valence-corrected chi connectivity index (χ4v) is 7.40.